The number of rotatable bonds is 7. The van der Waals surface area contributed by atoms with E-state index in [0.29, 0.717) is 67.0 Å². The van der Waals surface area contributed by atoms with E-state index in [1.165, 1.54) is 18.4 Å². The zero-order valence-electron chi connectivity index (χ0n) is 25.7. The Morgan fingerprint density at radius 3 is 2.66 bits per heavy atom. The van der Waals surface area contributed by atoms with Crippen molar-refractivity contribution in [2.24, 2.45) is 0 Å². The summed E-state index contributed by atoms with van der Waals surface area (Å²) in [7, 11) is 3.52. The highest BCUT2D eigenvalue weighted by molar-refractivity contribution is 6.09. The first-order valence-corrected chi connectivity index (χ1v) is 15.5. The van der Waals surface area contributed by atoms with Crippen molar-refractivity contribution in [3.8, 4) is 5.75 Å². The molecule has 3 amide bonds. The first-order valence-electron chi connectivity index (χ1n) is 15.5. The Morgan fingerprint density at radius 2 is 1.98 bits per heavy atom. The molecule has 3 heterocycles. The molecule has 4 N–H and O–H groups in total. The number of aliphatic hydroxyl groups excluding tert-OH is 1. The zero-order valence-corrected chi connectivity index (χ0v) is 25.7. The van der Waals surface area contributed by atoms with Gasteiger partial charge >= 0.3 is 6.03 Å². The third-order valence-electron chi connectivity index (χ3n) is 8.75. The Kier molecular flexibility index (Phi) is 8.23. The SMILES string of the molecule is CC/C=C(\c1cc(C2=CCN(C(=O)N(C)C)CC2)[nH]c1N)c1cccc(N2CCOc3cc(C4CC4)ccc3C2=O)c1CO. The number of aromatic nitrogens is 1. The molecule has 9 heteroatoms. The topological polar surface area (TPSA) is 115 Å². The number of nitrogen functional groups attached to an aromatic ring is 1. The van der Waals surface area contributed by atoms with E-state index in [2.05, 4.69) is 30.1 Å². The monoisotopic (exact) mass is 595 g/mol. The number of H-pyrrole nitrogens is 1. The van der Waals surface area contributed by atoms with Crippen LogP contribution in [0.25, 0.3) is 11.1 Å². The first-order chi connectivity index (χ1) is 21.3. The number of carbonyl (C=O) groups excluding carboxylic acids is 2. The number of nitrogens with zero attached hydrogens (tertiary/aromatic N) is 3. The highest BCUT2D eigenvalue weighted by Gasteiger charge is 2.30. The Bertz CT molecular complexity index is 1650. The van der Waals surface area contributed by atoms with Gasteiger partial charge in [-0.05, 0) is 78.1 Å². The summed E-state index contributed by atoms with van der Waals surface area (Å²) in [5.41, 5.74) is 14.3. The van der Waals surface area contributed by atoms with Crippen LogP contribution in [0.2, 0.25) is 0 Å². The van der Waals surface area contributed by atoms with Crippen LogP contribution >= 0.6 is 0 Å². The lowest BCUT2D eigenvalue weighted by molar-refractivity contribution is 0.0989. The number of hydrogen-bond acceptors (Lipinski definition) is 5. The second-order valence-electron chi connectivity index (χ2n) is 11.9. The molecule has 3 aliphatic rings. The van der Waals surface area contributed by atoms with Gasteiger partial charge in [-0.15, -0.1) is 0 Å². The lowest BCUT2D eigenvalue weighted by atomic mass is 9.92. The number of aromatic amines is 1. The van der Waals surface area contributed by atoms with Gasteiger partial charge < -0.3 is 35.3 Å². The number of hydrogen-bond donors (Lipinski definition) is 3. The van der Waals surface area contributed by atoms with Crippen molar-refractivity contribution in [3.05, 3.63) is 88.1 Å². The van der Waals surface area contributed by atoms with Gasteiger partial charge in [-0.1, -0.05) is 37.3 Å². The molecule has 0 unspecified atom stereocenters. The number of urea groups is 1. The largest absolute Gasteiger partial charge is 0.491 e. The minimum Gasteiger partial charge on any atom is -0.491 e. The molecule has 1 saturated carbocycles. The van der Waals surface area contributed by atoms with Crippen LogP contribution in [0.3, 0.4) is 0 Å². The first kappa shape index (κ1) is 29.6. The van der Waals surface area contributed by atoms with E-state index in [0.717, 1.165) is 34.4 Å². The van der Waals surface area contributed by atoms with Gasteiger partial charge in [0.15, 0.2) is 0 Å². The highest BCUT2D eigenvalue weighted by atomic mass is 16.5. The van der Waals surface area contributed by atoms with E-state index < -0.39 is 0 Å². The fourth-order valence-corrected chi connectivity index (χ4v) is 6.28. The van der Waals surface area contributed by atoms with Gasteiger partial charge in [0.05, 0.1) is 24.4 Å². The van der Waals surface area contributed by atoms with Crippen molar-refractivity contribution < 1.29 is 19.4 Å². The molecule has 3 aromatic rings. The Morgan fingerprint density at radius 1 is 1.16 bits per heavy atom. The molecule has 0 atom stereocenters. The summed E-state index contributed by atoms with van der Waals surface area (Å²) in [6, 6.07) is 13.8. The van der Waals surface area contributed by atoms with Crippen LogP contribution in [0, 0.1) is 0 Å². The van der Waals surface area contributed by atoms with Gasteiger partial charge in [0.25, 0.3) is 5.91 Å². The minimum absolute atomic E-state index is 0.00230. The van der Waals surface area contributed by atoms with E-state index in [4.69, 9.17) is 10.5 Å². The van der Waals surface area contributed by atoms with Crippen molar-refractivity contribution in [2.45, 2.75) is 45.1 Å². The van der Waals surface area contributed by atoms with Crippen LogP contribution in [-0.4, -0.2) is 72.2 Å². The lowest BCUT2D eigenvalue weighted by Crippen LogP contribution is -2.41. The zero-order chi connectivity index (χ0) is 31.0. The number of nitrogens with two attached hydrogens (primary N) is 1. The van der Waals surface area contributed by atoms with Crippen molar-refractivity contribution >= 4 is 34.6 Å². The normalized spacial score (nSPS) is 17.1. The Balaban J connectivity index is 1.33. The molecule has 230 valence electrons. The molecular weight excluding hydrogens is 554 g/mol. The van der Waals surface area contributed by atoms with Gasteiger partial charge in [0.2, 0.25) is 0 Å². The number of nitrogens with one attached hydrogen (secondary N) is 1. The van der Waals surface area contributed by atoms with Crippen LogP contribution < -0.4 is 15.4 Å². The molecule has 6 rings (SSSR count). The smallest absolute Gasteiger partial charge is 0.319 e. The van der Waals surface area contributed by atoms with E-state index in [1.54, 1.807) is 23.9 Å². The summed E-state index contributed by atoms with van der Waals surface area (Å²) < 4.78 is 6.07. The fourth-order valence-electron chi connectivity index (χ4n) is 6.28. The van der Waals surface area contributed by atoms with Gasteiger partial charge in [-0.3, -0.25) is 4.79 Å². The number of aliphatic hydroxyl groups is 1. The van der Waals surface area contributed by atoms with Gasteiger partial charge in [-0.25, -0.2) is 4.79 Å². The van der Waals surface area contributed by atoms with Crippen molar-refractivity contribution in [2.75, 3.05) is 51.0 Å². The average Bonchev–Trinajstić information content (AvgIpc) is 3.84. The standard InChI is InChI=1S/C35H41N5O4/c1-4-6-25(28-20-30(37-33(28)36)23-13-15-39(16-14-23)35(43)38(2)3)26-7-5-8-31(29(26)21-41)40-17-18-44-32-19-24(22-9-10-22)11-12-27(32)34(40)42/h5-8,11-13,19-20,22,37,41H,4,9-10,14-18,21,36H2,1-3H3/b25-6-. The van der Waals surface area contributed by atoms with Crippen LogP contribution in [0.4, 0.5) is 16.3 Å². The van der Waals surface area contributed by atoms with E-state index in [1.807, 2.05) is 41.3 Å². The summed E-state index contributed by atoms with van der Waals surface area (Å²) in [5, 5.41) is 10.8. The molecule has 0 bridgehead atoms. The molecule has 1 aliphatic carbocycles. The van der Waals surface area contributed by atoms with Gasteiger partial charge in [-0.2, -0.15) is 0 Å². The third-order valence-corrected chi connectivity index (χ3v) is 8.75. The maximum Gasteiger partial charge on any atom is 0.319 e. The molecule has 44 heavy (non-hydrogen) atoms. The molecule has 0 spiro atoms. The van der Waals surface area contributed by atoms with Gasteiger partial charge in [0.1, 0.15) is 18.2 Å². The minimum atomic E-state index is -0.247. The number of allylic oxidation sites excluding steroid dienone is 1. The van der Waals surface area contributed by atoms with Crippen LogP contribution in [0.1, 0.15) is 76.8 Å². The number of benzene rings is 2. The third kappa shape index (κ3) is 5.59. The number of carbonyl (C=O) groups is 2. The fraction of sp³-hybridized carbons (Fsp3) is 0.371. The highest BCUT2D eigenvalue weighted by Crippen LogP contribution is 2.43. The van der Waals surface area contributed by atoms with Crippen molar-refractivity contribution in [1.82, 2.24) is 14.8 Å². The molecule has 0 saturated heterocycles. The lowest BCUT2D eigenvalue weighted by Gasteiger charge is -2.28. The quantitative estimate of drug-likeness (QED) is 0.328. The molecule has 2 aliphatic heterocycles. The summed E-state index contributed by atoms with van der Waals surface area (Å²) in [5.74, 6) is 1.59. The molecule has 1 fully saturated rings. The summed E-state index contributed by atoms with van der Waals surface area (Å²) in [4.78, 5) is 34.8. The second-order valence-corrected chi connectivity index (χ2v) is 11.9. The Hall–Kier alpha value is -4.50. The van der Waals surface area contributed by atoms with Crippen LogP contribution in [0.15, 0.2) is 54.6 Å². The molecule has 9 nitrogen and oxygen atoms in total. The average molecular weight is 596 g/mol. The number of amides is 3. The van der Waals surface area contributed by atoms with E-state index in [9.17, 15) is 14.7 Å². The van der Waals surface area contributed by atoms with Crippen molar-refractivity contribution in [3.63, 3.8) is 0 Å². The van der Waals surface area contributed by atoms with Crippen LogP contribution in [-0.2, 0) is 6.61 Å². The van der Waals surface area contributed by atoms with Gasteiger partial charge in [0, 0.05) is 44.0 Å². The van der Waals surface area contributed by atoms with Crippen LogP contribution in [0.5, 0.6) is 5.75 Å². The summed E-state index contributed by atoms with van der Waals surface area (Å²) in [6.07, 6.45) is 8.01. The maximum atomic E-state index is 13.9. The summed E-state index contributed by atoms with van der Waals surface area (Å²) >= 11 is 0. The van der Waals surface area contributed by atoms with Crippen molar-refractivity contribution in [1.29, 1.82) is 0 Å². The number of anilines is 2. The molecule has 2 aromatic carbocycles. The maximum absolute atomic E-state index is 13.9. The predicted molar refractivity (Wildman–Crippen MR) is 174 cm³/mol. The van der Waals surface area contributed by atoms with E-state index in [-0.39, 0.29) is 18.5 Å². The van der Waals surface area contributed by atoms with E-state index >= 15 is 0 Å². The molecule has 0 radical (unpaired) electrons. The molecule has 1 aromatic heterocycles. The Labute approximate surface area is 258 Å². The number of ether oxygens (including phenoxy) is 1. The summed E-state index contributed by atoms with van der Waals surface area (Å²) in [6.45, 7) is 3.71. The molecular formula is C35H41N5O4. The number of fused-ring (bicyclic) bond motifs is 1. The second kappa shape index (κ2) is 12.2. The predicted octanol–water partition coefficient (Wildman–Crippen LogP) is 5.62.